The van der Waals surface area contributed by atoms with Crippen molar-refractivity contribution in [2.45, 2.75) is 26.3 Å². The first-order valence-corrected chi connectivity index (χ1v) is 6.56. The SMILES string of the molecule is Cc1cc(C)c(C#N)c(N2CC[C@@H]3CNC[C@@H]32)n1. The van der Waals surface area contributed by atoms with Crippen molar-refractivity contribution in [1.82, 2.24) is 10.3 Å². The lowest BCUT2D eigenvalue weighted by molar-refractivity contribution is 0.577. The number of nitriles is 1. The molecule has 2 atom stereocenters. The maximum atomic E-state index is 9.36. The number of rotatable bonds is 1. The summed E-state index contributed by atoms with van der Waals surface area (Å²) >= 11 is 0. The van der Waals surface area contributed by atoms with Crippen LogP contribution in [0, 0.1) is 31.1 Å². The van der Waals surface area contributed by atoms with Gasteiger partial charge in [-0.15, -0.1) is 0 Å². The zero-order chi connectivity index (χ0) is 12.7. The van der Waals surface area contributed by atoms with E-state index in [9.17, 15) is 5.26 Å². The molecule has 4 heteroatoms. The molecule has 0 bridgehead atoms. The van der Waals surface area contributed by atoms with Crippen LogP contribution in [-0.2, 0) is 0 Å². The van der Waals surface area contributed by atoms with Gasteiger partial charge in [0.2, 0.25) is 0 Å². The van der Waals surface area contributed by atoms with Crippen LogP contribution in [0.4, 0.5) is 5.82 Å². The van der Waals surface area contributed by atoms with Crippen molar-refractivity contribution in [1.29, 1.82) is 5.26 Å². The Morgan fingerprint density at radius 1 is 1.44 bits per heavy atom. The van der Waals surface area contributed by atoms with Crippen LogP contribution < -0.4 is 10.2 Å². The summed E-state index contributed by atoms with van der Waals surface area (Å²) in [5, 5.41) is 12.8. The lowest BCUT2D eigenvalue weighted by Crippen LogP contribution is -2.35. The Morgan fingerprint density at radius 3 is 3.06 bits per heavy atom. The molecule has 0 unspecified atom stereocenters. The number of aromatic nitrogens is 1. The minimum Gasteiger partial charge on any atom is -0.351 e. The van der Waals surface area contributed by atoms with Crippen LogP contribution in [0.15, 0.2) is 6.07 Å². The predicted octanol–water partition coefficient (Wildman–Crippen LogP) is 1.37. The monoisotopic (exact) mass is 242 g/mol. The van der Waals surface area contributed by atoms with Gasteiger partial charge in [-0.1, -0.05) is 0 Å². The van der Waals surface area contributed by atoms with E-state index in [0.717, 1.165) is 48.2 Å². The smallest absolute Gasteiger partial charge is 0.147 e. The van der Waals surface area contributed by atoms with Crippen molar-refractivity contribution in [3.63, 3.8) is 0 Å². The van der Waals surface area contributed by atoms with Crippen LogP contribution in [0.3, 0.4) is 0 Å². The van der Waals surface area contributed by atoms with E-state index in [4.69, 9.17) is 0 Å². The number of anilines is 1. The second-order valence-electron chi connectivity index (χ2n) is 5.36. The van der Waals surface area contributed by atoms with Gasteiger partial charge in [0.25, 0.3) is 0 Å². The van der Waals surface area contributed by atoms with E-state index in [2.05, 4.69) is 21.3 Å². The van der Waals surface area contributed by atoms with E-state index < -0.39 is 0 Å². The average Bonchev–Trinajstić information content (AvgIpc) is 2.89. The summed E-state index contributed by atoms with van der Waals surface area (Å²) < 4.78 is 0. The summed E-state index contributed by atoms with van der Waals surface area (Å²) in [5.41, 5.74) is 2.78. The molecule has 3 rings (SSSR count). The van der Waals surface area contributed by atoms with E-state index in [0.29, 0.717) is 6.04 Å². The van der Waals surface area contributed by atoms with E-state index in [1.165, 1.54) is 6.42 Å². The van der Waals surface area contributed by atoms with Gasteiger partial charge in [0.1, 0.15) is 11.9 Å². The first kappa shape index (κ1) is 11.5. The molecule has 0 saturated carbocycles. The minimum absolute atomic E-state index is 0.519. The van der Waals surface area contributed by atoms with E-state index in [1.54, 1.807) is 0 Å². The van der Waals surface area contributed by atoms with Crippen LogP contribution in [-0.4, -0.2) is 30.7 Å². The molecule has 0 radical (unpaired) electrons. The lowest BCUT2D eigenvalue weighted by Gasteiger charge is -2.26. The molecular formula is C14H18N4. The minimum atomic E-state index is 0.519. The zero-order valence-corrected chi connectivity index (χ0v) is 10.9. The van der Waals surface area contributed by atoms with Crippen LogP contribution in [0.2, 0.25) is 0 Å². The summed E-state index contributed by atoms with van der Waals surface area (Å²) in [6.07, 6.45) is 1.21. The van der Waals surface area contributed by atoms with Gasteiger partial charge in [0.15, 0.2) is 0 Å². The Bertz CT molecular complexity index is 517. The van der Waals surface area contributed by atoms with Gasteiger partial charge in [-0.3, -0.25) is 0 Å². The molecule has 1 aromatic rings. The van der Waals surface area contributed by atoms with Crippen molar-refractivity contribution in [2.24, 2.45) is 5.92 Å². The summed E-state index contributed by atoms with van der Waals surface area (Å²) in [7, 11) is 0. The summed E-state index contributed by atoms with van der Waals surface area (Å²) in [6.45, 7) is 7.15. The predicted molar refractivity (Wildman–Crippen MR) is 70.5 cm³/mol. The Morgan fingerprint density at radius 2 is 2.28 bits per heavy atom. The molecule has 1 N–H and O–H groups in total. The number of fused-ring (bicyclic) bond motifs is 1. The van der Waals surface area contributed by atoms with Gasteiger partial charge < -0.3 is 10.2 Å². The zero-order valence-electron chi connectivity index (χ0n) is 10.9. The second-order valence-corrected chi connectivity index (χ2v) is 5.36. The third kappa shape index (κ3) is 1.67. The Labute approximate surface area is 108 Å². The third-order valence-corrected chi connectivity index (χ3v) is 4.15. The molecule has 3 heterocycles. The molecule has 0 spiro atoms. The molecule has 0 amide bonds. The first-order chi connectivity index (χ1) is 8.70. The standard InChI is InChI=1S/C14H18N4/c1-9-5-10(2)17-14(12(9)6-15)18-4-3-11-7-16-8-13(11)18/h5,11,13,16H,3-4,7-8H2,1-2H3/t11-,13+/m1/s1. The molecule has 4 nitrogen and oxygen atoms in total. The number of aryl methyl sites for hydroxylation is 2. The van der Waals surface area contributed by atoms with Crippen molar-refractivity contribution >= 4 is 5.82 Å². The summed E-state index contributed by atoms with van der Waals surface area (Å²) in [5.74, 6) is 1.62. The molecule has 94 valence electrons. The molecule has 2 aliphatic rings. The number of pyridine rings is 1. The summed E-state index contributed by atoms with van der Waals surface area (Å²) in [4.78, 5) is 6.96. The fraction of sp³-hybridized carbons (Fsp3) is 0.571. The largest absolute Gasteiger partial charge is 0.351 e. The van der Waals surface area contributed by atoms with Crippen molar-refractivity contribution in [3.8, 4) is 6.07 Å². The molecule has 2 saturated heterocycles. The Balaban J connectivity index is 2.04. The lowest BCUT2D eigenvalue weighted by atomic mass is 10.0. The van der Waals surface area contributed by atoms with Crippen molar-refractivity contribution in [3.05, 3.63) is 22.9 Å². The highest BCUT2D eigenvalue weighted by molar-refractivity contribution is 5.59. The molecule has 0 aromatic carbocycles. The van der Waals surface area contributed by atoms with Crippen LogP contribution in [0.5, 0.6) is 0 Å². The van der Waals surface area contributed by atoms with Gasteiger partial charge in [-0.25, -0.2) is 4.98 Å². The van der Waals surface area contributed by atoms with Crippen LogP contribution in [0.1, 0.15) is 23.2 Å². The Hall–Kier alpha value is -1.60. The molecule has 0 aliphatic carbocycles. The molecule has 2 fully saturated rings. The van der Waals surface area contributed by atoms with Crippen LogP contribution >= 0.6 is 0 Å². The van der Waals surface area contributed by atoms with Crippen molar-refractivity contribution in [2.75, 3.05) is 24.5 Å². The summed E-state index contributed by atoms with van der Waals surface area (Å²) in [6, 6.07) is 4.83. The topological polar surface area (TPSA) is 52.0 Å². The third-order valence-electron chi connectivity index (χ3n) is 4.15. The van der Waals surface area contributed by atoms with Gasteiger partial charge in [-0.2, -0.15) is 5.26 Å². The maximum Gasteiger partial charge on any atom is 0.147 e. The quantitative estimate of drug-likeness (QED) is 0.808. The Kier molecular flexibility index (Phi) is 2.71. The number of nitrogens with one attached hydrogen (secondary N) is 1. The number of hydrogen-bond acceptors (Lipinski definition) is 4. The number of nitrogens with zero attached hydrogens (tertiary/aromatic N) is 3. The fourth-order valence-electron chi connectivity index (χ4n) is 3.28. The van der Waals surface area contributed by atoms with E-state index >= 15 is 0 Å². The van der Waals surface area contributed by atoms with Gasteiger partial charge in [-0.05, 0) is 37.8 Å². The van der Waals surface area contributed by atoms with Crippen molar-refractivity contribution < 1.29 is 0 Å². The van der Waals surface area contributed by atoms with Gasteiger partial charge >= 0.3 is 0 Å². The number of hydrogen-bond donors (Lipinski definition) is 1. The average molecular weight is 242 g/mol. The van der Waals surface area contributed by atoms with Gasteiger partial charge in [0, 0.05) is 31.4 Å². The normalized spacial score (nSPS) is 26.2. The van der Waals surface area contributed by atoms with E-state index in [-0.39, 0.29) is 0 Å². The first-order valence-electron chi connectivity index (χ1n) is 6.56. The molecule has 1 aromatic heterocycles. The second kappa shape index (κ2) is 4.25. The van der Waals surface area contributed by atoms with Crippen LogP contribution in [0.25, 0.3) is 0 Å². The highest BCUT2D eigenvalue weighted by Crippen LogP contribution is 2.33. The molecular weight excluding hydrogens is 224 g/mol. The molecule has 18 heavy (non-hydrogen) atoms. The maximum absolute atomic E-state index is 9.36. The fourth-order valence-corrected chi connectivity index (χ4v) is 3.28. The highest BCUT2D eigenvalue weighted by atomic mass is 15.3. The molecule has 2 aliphatic heterocycles. The highest BCUT2D eigenvalue weighted by Gasteiger charge is 2.39. The van der Waals surface area contributed by atoms with Gasteiger partial charge in [0.05, 0.1) is 5.56 Å². The van der Waals surface area contributed by atoms with E-state index in [1.807, 2.05) is 19.9 Å².